The lowest BCUT2D eigenvalue weighted by molar-refractivity contribution is 0.357. The molecule has 0 N–H and O–H groups in total. The zero-order valence-corrected chi connectivity index (χ0v) is 9.23. The number of hydrogen-bond acceptors (Lipinski definition) is 2. The van der Waals surface area contributed by atoms with Crippen molar-refractivity contribution in [3.63, 3.8) is 0 Å². The van der Waals surface area contributed by atoms with Crippen LogP contribution in [0.3, 0.4) is 0 Å². The van der Waals surface area contributed by atoms with E-state index in [9.17, 15) is 0 Å². The molecule has 2 heteroatoms. The fourth-order valence-corrected chi connectivity index (χ4v) is 2.08. The second-order valence-electron chi connectivity index (χ2n) is 4.17. The summed E-state index contributed by atoms with van der Waals surface area (Å²) in [5, 5.41) is 0. The number of aromatic nitrogens is 1. The summed E-state index contributed by atoms with van der Waals surface area (Å²) in [4.78, 5) is 4.22. The van der Waals surface area contributed by atoms with Crippen LogP contribution >= 0.6 is 0 Å². The molecule has 0 saturated carbocycles. The van der Waals surface area contributed by atoms with E-state index >= 15 is 0 Å². The Labute approximate surface area is 94.9 Å². The van der Waals surface area contributed by atoms with Crippen molar-refractivity contribution in [2.24, 2.45) is 0 Å². The minimum atomic E-state index is 0.810. The van der Waals surface area contributed by atoms with Crippen molar-refractivity contribution < 1.29 is 4.74 Å². The number of pyridine rings is 1. The summed E-state index contributed by atoms with van der Waals surface area (Å²) in [6.07, 6.45) is 4.80. The van der Waals surface area contributed by atoms with Gasteiger partial charge < -0.3 is 4.74 Å². The van der Waals surface area contributed by atoms with E-state index in [2.05, 4.69) is 36.2 Å². The first-order valence-corrected chi connectivity index (χ1v) is 5.51. The second kappa shape index (κ2) is 3.63. The summed E-state index contributed by atoms with van der Waals surface area (Å²) in [7, 11) is 0. The van der Waals surface area contributed by atoms with Gasteiger partial charge in [0, 0.05) is 24.4 Å². The minimum absolute atomic E-state index is 0.810. The quantitative estimate of drug-likeness (QED) is 0.723. The highest BCUT2D eigenvalue weighted by molar-refractivity contribution is 5.65. The third-order valence-corrected chi connectivity index (χ3v) is 2.90. The van der Waals surface area contributed by atoms with E-state index < -0.39 is 0 Å². The van der Waals surface area contributed by atoms with Gasteiger partial charge in [-0.25, -0.2) is 0 Å². The van der Waals surface area contributed by atoms with E-state index in [-0.39, 0.29) is 0 Å². The molecule has 0 amide bonds. The number of ether oxygens (including phenoxy) is 1. The van der Waals surface area contributed by atoms with Crippen molar-refractivity contribution in [2.75, 3.05) is 6.61 Å². The maximum atomic E-state index is 5.50. The van der Waals surface area contributed by atoms with Crippen molar-refractivity contribution in [3.05, 3.63) is 47.8 Å². The summed E-state index contributed by atoms with van der Waals surface area (Å²) in [5.74, 6) is 1.03. The summed E-state index contributed by atoms with van der Waals surface area (Å²) in [5.41, 5.74) is 4.89. The molecule has 80 valence electrons. The molecule has 0 saturated heterocycles. The van der Waals surface area contributed by atoms with Crippen LogP contribution in [0.5, 0.6) is 5.75 Å². The maximum absolute atomic E-state index is 5.50. The first kappa shape index (κ1) is 9.40. The van der Waals surface area contributed by atoms with E-state index in [4.69, 9.17) is 4.74 Å². The van der Waals surface area contributed by atoms with Gasteiger partial charge in [-0.2, -0.15) is 0 Å². The molecule has 0 fully saturated rings. The van der Waals surface area contributed by atoms with E-state index in [0.29, 0.717) is 0 Å². The van der Waals surface area contributed by atoms with Crippen LogP contribution in [0.4, 0.5) is 0 Å². The Bertz CT molecular complexity index is 534. The van der Waals surface area contributed by atoms with Crippen LogP contribution in [-0.4, -0.2) is 11.6 Å². The molecule has 0 spiro atoms. The Morgan fingerprint density at radius 2 is 2.06 bits per heavy atom. The molecule has 0 unspecified atom stereocenters. The molecule has 1 aromatic carbocycles. The maximum Gasteiger partial charge on any atom is 0.122 e. The number of aryl methyl sites for hydroxylation is 1. The zero-order valence-electron chi connectivity index (χ0n) is 9.23. The third-order valence-electron chi connectivity index (χ3n) is 2.90. The van der Waals surface area contributed by atoms with Crippen molar-refractivity contribution >= 4 is 0 Å². The van der Waals surface area contributed by atoms with Gasteiger partial charge in [-0.05, 0) is 41.8 Å². The Balaban J connectivity index is 2.07. The molecule has 3 rings (SSSR count). The number of benzene rings is 1. The van der Waals surface area contributed by atoms with Crippen molar-refractivity contribution in [3.8, 4) is 16.9 Å². The molecule has 0 atom stereocenters. The predicted molar refractivity (Wildman–Crippen MR) is 63.6 cm³/mol. The smallest absolute Gasteiger partial charge is 0.122 e. The second-order valence-corrected chi connectivity index (χ2v) is 4.17. The van der Waals surface area contributed by atoms with Gasteiger partial charge in [0.1, 0.15) is 5.75 Å². The predicted octanol–water partition coefficient (Wildman–Crippen LogP) is 2.99. The molecule has 1 aliphatic rings. The molecule has 2 aromatic rings. The zero-order chi connectivity index (χ0) is 11.0. The van der Waals surface area contributed by atoms with Crippen LogP contribution in [0.2, 0.25) is 0 Å². The molecule has 0 aliphatic carbocycles. The highest BCUT2D eigenvalue weighted by Gasteiger charge is 2.12. The molecule has 16 heavy (non-hydrogen) atoms. The van der Waals surface area contributed by atoms with Crippen LogP contribution in [-0.2, 0) is 6.42 Å². The topological polar surface area (TPSA) is 22.1 Å². The van der Waals surface area contributed by atoms with Crippen LogP contribution in [0, 0.1) is 6.92 Å². The normalized spacial score (nSPS) is 13.3. The Kier molecular flexibility index (Phi) is 2.13. The molecule has 1 aliphatic heterocycles. The van der Waals surface area contributed by atoms with E-state index in [1.165, 1.54) is 22.3 Å². The molecule has 0 bridgehead atoms. The van der Waals surface area contributed by atoms with Gasteiger partial charge in [0.25, 0.3) is 0 Å². The fraction of sp³-hybridized carbons (Fsp3) is 0.214. The van der Waals surface area contributed by atoms with Crippen LogP contribution < -0.4 is 4.74 Å². The number of fused-ring (bicyclic) bond motifs is 1. The monoisotopic (exact) mass is 211 g/mol. The van der Waals surface area contributed by atoms with E-state index in [1.807, 2.05) is 12.4 Å². The Morgan fingerprint density at radius 1 is 1.12 bits per heavy atom. The lowest BCUT2D eigenvalue weighted by Crippen LogP contribution is -1.85. The van der Waals surface area contributed by atoms with Gasteiger partial charge >= 0.3 is 0 Å². The van der Waals surface area contributed by atoms with Crippen LogP contribution in [0.25, 0.3) is 11.1 Å². The molecular weight excluding hydrogens is 198 g/mol. The van der Waals surface area contributed by atoms with Gasteiger partial charge in [-0.15, -0.1) is 0 Å². The first-order chi connectivity index (χ1) is 7.83. The highest BCUT2D eigenvalue weighted by atomic mass is 16.5. The van der Waals surface area contributed by atoms with Gasteiger partial charge in [-0.3, -0.25) is 4.98 Å². The van der Waals surface area contributed by atoms with E-state index in [0.717, 1.165) is 18.8 Å². The van der Waals surface area contributed by atoms with Crippen molar-refractivity contribution in [2.45, 2.75) is 13.3 Å². The van der Waals surface area contributed by atoms with E-state index in [1.54, 1.807) is 0 Å². The standard InChI is InChI=1S/C14H13NO/c1-10-6-13(9-15-8-10)11-2-3-14-12(7-11)4-5-16-14/h2-3,6-9H,4-5H2,1H3. The Hall–Kier alpha value is -1.83. The summed E-state index contributed by atoms with van der Waals surface area (Å²) < 4.78 is 5.50. The number of hydrogen-bond donors (Lipinski definition) is 0. The lowest BCUT2D eigenvalue weighted by atomic mass is 10.0. The largest absolute Gasteiger partial charge is 0.493 e. The summed E-state index contributed by atoms with van der Waals surface area (Å²) >= 11 is 0. The highest BCUT2D eigenvalue weighted by Crippen LogP contribution is 2.30. The SMILES string of the molecule is Cc1cncc(-c2ccc3c(c2)CCO3)c1. The number of rotatable bonds is 1. The molecular formula is C14H13NO. The Morgan fingerprint density at radius 3 is 2.94 bits per heavy atom. The van der Waals surface area contributed by atoms with Gasteiger partial charge in [0.15, 0.2) is 0 Å². The average molecular weight is 211 g/mol. The first-order valence-electron chi connectivity index (χ1n) is 5.51. The summed E-state index contributed by atoms with van der Waals surface area (Å²) in [6.45, 7) is 2.87. The van der Waals surface area contributed by atoms with Crippen LogP contribution in [0.15, 0.2) is 36.7 Å². The van der Waals surface area contributed by atoms with Gasteiger partial charge in [0.05, 0.1) is 6.61 Å². The summed E-state index contributed by atoms with van der Waals surface area (Å²) in [6, 6.07) is 8.52. The lowest BCUT2D eigenvalue weighted by Gasteiger charge is -2.04. The average Bonchev–Trinajstić information content (AvgIpc) is 2.75. The fourth-order valence-electron chi connectivity index (χ4n) is 2.08. The van der Waals surface area contributed by atoms with Gasteiger partial charge in [0.2, 0.25) is 0 Å². The van der Waals surface area contributed by atoms with Gasteiger partial charge in [-0.1, -0.05) is 6.07 Å². The van der Waals surface area contributed by atoms with Crippen LogP contribution in [0.1, 0.15) is 11.1 Å². The molecule has 2 heterocycles. The third kappa shape index (κ3) is 1.56. The number of nitrogens with zero attached hydrogens (tertiary/aromatic N) is 1. The van der Waals surface area contributed by atoms with Crippen molar-refractivity contribution in [1.82, 2.24) is 4.98 Å². The molecule has 0 radical (unpaired) electrons. The molecule has 2 nitrogen and oxygen atoms in total. The minimum Gasteiger partial charge on any atom is -0.493 e. The van der Waals surface area contributed by atoms with Crippen molar-refractivity contribution in [1.29, 1.82) is 0 Å². The molecule has 1 aromatic heterocycles.